The zero-order valence-corrected chi connectivity index (χ0v) is 9.29. The van der Waals surface area contributed by atoms with Crippen LogP contribution in [0.3, 0.4) is 0 Å². The molecule has 0 atom stereocenters. The summed E-state index contributed by atoms with van der Waals surface area (Å²) in [7, 11) is 1.31. The van der Waals surface area contributed by atoms with E-state index >= 15 is 0 Å². The summed E-state index contributed by atoms with van der Waals surface area (Å²) in [6, 6.07) is 0. The summed E-state index contributed by atoms with van der Waals surface area (Å²) in [5, 5.41) is 28.2. The van der Waals surface area contributed by atoms with Crippen molar-refractivity contribution < 1.29 is 20.1 Å². The number of phenolic OH excluding ortho intramolecular Hbond substituents is 3. The van der Waals surface area contributed by atoms with E-state index in [0.29, 0.717) is 9.13 Å². The fraction of sp³-hybridized carbons (Fsp3) is 0.250. The average molecular weight is 296 g/mol. The Morgan fingerprint density at radius 2 is 1.62 bits per heavy atom. The van der Waals surface area contributed by atoms with Gasteiger partial charge in [0.2, 0.25) is 11.5 Å². The SMILES string of the molecule is COc1c(O)c(O)c(C)c(I)c1O. The first-order valence-corrected chi connectivity index (χ1v) is 4.55. The van der Waals surface area contributed by atoms with E-state index in [1.807, 2.05) is 22.6 Å². The molecule has 0 aliphatic heterocycles. The minimum Gasteiger partial charge on any atom is -0.504 e. The number of ether oxygens (including phenoxy) is 1. The van der Waals surface area contributed by atoms with E-state index in [4.69, 9.17) is 4.74 Å². The quantitative estimate of drug-likeness (QED) is 0.419. The highest BCUT2D eigenvalue weighted by molar-refractivity contribution is 14.1. The van der Waals surface area contributed by atoms with E-state index in [2.05, 4.69) is 0 Å². The number of benzene rings is 1. The minimum absolute atomic E-state index is 0.104. The number of hydrogen-bond donors (Lipinski definition) is 3. The van der Waals surface area contributed by atoms with Crippen LogP contribution in [0.1, 0.15) is 5.56 Å². The predicted molar refractivity (Wildman–Crippen MR) is 55.4 cm³/mol. The number of halogens is 1. The van der Waals surface area contributed by atoms with Crippen LogP contribution in [0.4, 0.5) is 0 Å². The molecule has 0 unspecified atom stereocenters. The molecular formula is C8H9IO4. The number of aromatic hydroxyl groups is 3. The third-order valence-electron chi connectivity index (χ3n) is 1.75. The van der Waals surface area contributed by atoms with E-state index in [9.17, 15) is 15.3 Å². The first kappa shape index (κ1) is 10.2. The van der Waals surface area contributed by atoms with Gasteiger partial charge in [-0.2, -0.15) is 0 Å². The lowest BCUT2D eigenvalue weighted by atomic mass is 10.2. The smallest absolute Gasteiger partial charge is 0.207 e. The lowest BCUT2D eigenvalue weighted by Gasteiger charge is -2.11. The third kappa shape index (κ3) is 1.48. The molecule has 0 fully saturated rings. The Morgan fingerprint density at radius 3 is 2.08 bits per heavy atom. The van der Waals surface area contributed by atoms with Gasteiger partial charge in [-0.05, 0) is 29.5 Å². The Hall–Kier alpha value is -0.850. The van der Waals surface area contributed by atoms with Gasteiger partial charge in [0, 0.05) is 5.56 Å². The molecule has 0 aliphatic rings. The zero-order valence-electron chi connectivity index (χ0n) is 7.13. The Morgan fingerprint density at radius 1 is 1.08 bits per heavy atom. The normalized spacial score (nSPS) is 10.1. The zero-order chi connectivity index (χ0) is 10.2. The molecule has 13 heavy (non-hydrogen) atoms. The van der Waals surface area contributed by atoms with Crippen LogP contribution in [0.25, 0.3) is 0 Å². The minimum atomic E-state index is -0.432. The van der Waals surface area contributed by atoms with E-state index in [1.54, 1.807) is 6.92 Å². The van der Waals surface area contributed by atoms with E-state index in [0.717, 1.165) is 0 Å². The fourth-order valence-electron chi connectivity index (χ4n) is 0.972. The van der Waals surface area contributed by atoms with Crippen LogP contribution in [0, 0.1) is 10.5 Å². The monoisotopic (exact) mass is 296 g/mol. The Kier molecular flexibility index (Phi) is 2.74. The van der Waals surface area contributed by atoms with Gasteiger partial charge in [0.25, 0.3) is 0 Å². The predicted octanol–water partition coefficient (Wildman–Crippen LogP) is 1.73. The first-order valence-electron chi connectivity index (χ1n) is 3.47. The van der Waals surface area contributed by atoms with Crippen LogP contribution in [0.15, 0.2) is 0 Å². The lowest BCUT2D eigenvalue weighted by molar-refractivity contribution is 0.326. The maximum absolute atomic E-state index is 9.48. The second kappa shape index (κ2) is 3.49. The molecule has 72 valence electrons. The van der Waals surface area contributed by atoms with Crippen molar-refractivity contribution in [2.24, 2.45) is 0 Å². The maximum atomic E-state index is 9.48. The highest BCUT2D eigenvalue weighted by Crippen LogP contribution is 2.47. The van der Waals surface area contributed by atoms with Gasteiger partial charge in [-0.25, -0.2) is 0 Å². The third-order valence-corrected chi connectivity index (χ3v) is 3.07. The summed E-state index contributed by atoms with van der Waals surface area (Å²) in [4.78, 5) is 0. The topological polar surface area (TPSA) is 69.9 Å². The first-order chi connectivity index (χ1) is 6.00. The van der Waals surface area contributed by atoms with E-state index < -0.39 is 5.75 Å². The number of rotatable bonds is 1. The van der Waals surface area contributed by atoms with Crippen LogP contribution in [-0.4, -0.2) is 22.4 Å². The molecule has 0 aliphatic carbocycles. The molecule has 0 saturated heterocycles. The molecule has 4 nitrogen and oxygen atoms in total. The fourth-order valence-corrected chi connectivity index (χ4v) is 1.47. The number of methoxy groups -OCH3 is 1. The molecular weight excluding hydrogens is 287 g/mol. The molecule has 0 aromatic heterocycles. The standard InChI is InChI=1S/C8H9IO4/c1-3-4(9)6(11)8(13-2)7(12)5(3)10/h10-12H,1-2H3. The van der Waals surface area contributed by atoms with Gasteiger partial charge in [0.05, 0.1) is 10.7 Å². The lowest BCUT2D eigenvalue weighted by Crippen LogP contribution is -1.90. The van der Waals surface area contributed by atoms with Crippen molar-refractivity contribution in [3.05, 3.63) is 9.13 Å². The number of hydrogen-bond acceptors (Lipinski definition) is 4. The molecule has 0 spiro atoms. The summed E-state index contributed by atoms with van der Waals surface area (Å²) in [6.45, 7) is 1.59. The van der Waals surface area contributed by atoms with Crippen molar-refractivity contribution in [3.8, 4) is 23.0 Å². The van der Waals surface area contributed by atoms with Crippen LogP contribution in [-0.2, 0) is 0 Å². The number of phenols is 3. The van der Waals surface area contributed by atoms with Crippen molar-refractivity contribution in [1.82, 2.24) is 0 Å². The molecule has 0 saturated carbocycles. The summed E-state index contributed by atoms with van der Waals surface area (Å²) in [5.41, 5.74) is 0.427. The summed E-state index contributed by atoms with van der Waals surface area (Å²) in [5.74, 6) is -0.958. The molecule has 0 bridgehead atoms. The van der Waals surface area contributed by atoms with Crippen LogP contribution >= 0.6 is 22.6 Å². The Bertz CT molecular complexity index is 319. The van der Waals surface area contributed by atoms with Gasteiger partial charge in [-0.3, -0.25) is 0 Å². The Balaban J connectivity index is 3.56. The van der Waals surface area contributed by atoms with Crippen molar-refractivity contribution in [2.45, 2.75) is 6.92 Å². The maximum Gasteiger partial charge on any atom is 0.207 e. The van der Waals surface area contributed by atoms with Gasteiger partial charge < -0.3 is 20.1 Å². The molecule has 5 heteroatoms. The Labute approximate surface area is 88.9 Å². The molecule has 0 radical (unpaired) electrons. The van der Waals surface area contributed by atoms with Crippen LogP contribution in [0.2, 0.25) is 0 Å². The van der Waals surface area contributed by atoms with E-state index in [1.165, 1.54) is 7.11 Å². The molecule has 0 amide bonds. The highest BCUT2D eigenvalue weighted by Gasteiger charge is 2.19. The van der Waals surface area contributed by atoms with Crippen LogP contribution in [0.5, 0.6) is 23.0 Å². The van der Waals surface area contributed by atoms with E-state index in [-0.39, 0.29) is 17.2 Å². The largest absolute Gasteiger partial charge is 0.504 e. The van der Waals surface area contributed by atoms with Crippen molar-refractivity contribution in [2.75, 3.05) is 7.11 Å². The average Bonchev–Trinajstić information content (AvgIpc) is 2.13. The molecule has 0 heterocycles. The van der Waals surface area contributed by atoms with Crippen LogP contribution < -0.4 is 4.74 Å². The summed E-state index contributed by atoms with van der Waals surface area (Å²) in [6.07, 6.45) is 0. The summed E-state index contributed by atoms with van der Waals surface area (Å²) >= 11 is 1.86. The molecule has 1 rings (SSSR count). The second-order valence-corrected chi connectivity index (χ2v) is 3.60. The molecule has 1 aromatic carbocycles. The van der Waals surface area contributed by atoms with Crippen molar-refractivity contribution in [1.29, 1.82) is 0 Å². The van der Waals surface area contributed by atoms with Gasteiger partial charge >= 0.3 is 0 Å². The molecule has 1 aromatic rings. The van der Waals surface area contributed by atoms with Crippen molar-refractivity contribution >= 4 is 22.6 Å². The van der Waals surface area contributed by atoms with Crippen molar-refractivity contribution in [3.63, 3.8) is 0 Å². The second-order valence-electron chi connectivity index (χ2n) is 2.52. The highest BCUT2D eigenvalue weighted by atomic mass is 127. The van der Waals surface area contributed by atoms with Gasteiger partial charge in [0.15, 0.2) is 11.5 Å². The van der Waals surface area contributed by atoms with Gasteiger partial charge in [0.1, 0.15) is 0 Å². The van der Waals surface area contributed by atoms with Gasteiger partial charge in [-0.15, -0.1) is 0 Å². The molecule has 3 N–H and O–H groups in total. The van der Waals surface area contributed by atoms with Gasteiger partial charge in [-0.1, -0.05) is 0 Å². The summed E-state index contributed by atoms with van der Waals surface area (Å²) < 4.78 is 5.19.